The summed E-state index contributed by atoms with van der Waals surface area (Å²) >= 11 is 1.44. The summed E-state index contributed by atoms with van der Waals surface area (Å²) in [6, 6.07) is 3.24. The van der Waals surface area contributed by atoms with Crippen molar-refractivity contribution in [3.8, 4) is 0 Å². The molecule has 1 heterocycles. The molecular formula is C13H18N2O5S. The number of carboxylic acid groups (broad SMARTS) is 1. The molecule has 0 fully saturated rings. The lowest BCUT2D eigenvalue weighted by molar-refractivity contribution is -0.148. The zero-order valence-electron chi connectivity index (χ0n) is 11.8. The number of carboxylic acids is 1. The number of hydrogen-bond donors (Lipinski definition) is 3. The second-order valence-electron chi connectivity index (χ2n) is 4.34. The number of nitrogens with one attached hydrogen (secondary N) is 2. The van der Waals surface area contributed by atoms with E-state index in [1.165, 1.54) is 25.4 Å². The van der Waals surface area contributed by atoms with Crippen molar-refractivity contribution in [3.63, 3.8) is 0 Å². The summed E-state index contributed by atoms with van der Waals surface area (Å²) in [4.78, 5) is 34.7. The van der Waals surface area contributed by atoms with Gasteiger partial charge in [0.15, 0.2) is 6.10 Å². The summed E-state index contributed by atoms with van der Waals surface area (Å²) in [7, 11) is 1.26. The Bertz CT molecular complexity index is 489. The molecule has 8 heteroatoms. The SMILES string of the molecule is COC(CNC(=O)CC(NC(C)=O)c1cccs1)C(=O)O. The highest BCUT2D eigenvalue weighted by Crippen LogP contribution is 2.21. The van der Waals surface area contributed by atoms with Crippen molar-refractivity contribution in [1.82, 2.24) is 10.6 Å². The Morgan fingerprint density at radius 2 is 2.14 bits per heavy atom. The van der Waals surface area contributed by atoms with Crippen LogP contribution in [0, 0.1) is 0 Å². The molecule has 0 aliphatic carbocycles. The van der Waals surface area contributed by atoms with Crippen LogP contribution in [0.15, 0.2) is 17.5 Å². The zero-order chi connectivity index (χ0) is 15.8. The summed E-state index contributed by atoms with van der Waals surface area (Å²) in [6.45, 7) is 1.26. The molecule has 0 spiro atoms. The highest BCUT2D eigenvalue weighted by Gasteiger charge is 2.21. The number of carbonyl (C=O) groups is 3. The van der Waals surface area contributed by atoms with Gasteiger partial charge in [0.2, 0.25) is 11.8 Å². The Balaban J connectivity index is 2.56. The molecule has 0 aliphatic rings. The van der Waals surface area contributed by atoms with E-state index in [1.54, 1.807) is 0 Å². The maximum atomic E-state index is 11.9. The third kappa shape index (κ3) is 5.92. The molecule has 0 aliphatic heterocycles. The van der Waals surface area contributed by atoms with Crippen LogP contribution >= 0.6 is 11.3 Å². The normalized spacial score (nSPS) is 13.2. The van der Waals surface area contributed by atoms with E-state index in [0.29, 0.717) is 0 Å². The van der Waals surface area contributed by atoms with Gasteiger partial charge in [0, 0.05) is 18.9 Å². The Morgan fingerprint density at radius 3 is 2.62 bits per heavy atom. The molecule has 0 saturated carbocycles. The van der Waals surface area contributed by atoms with Crippen LogP contribution in [-0.2, 0) is 19.1 Å². The average Bonchev–Trinajstić information content (AvgIpc) is 2.91. The first-order valence-electron chi connectivity index (χ1n) is 6.26. The van der Waals surface area contributed by atoms with Crippen LogP contribution in [0.25, 0.3) is 0 Å². The largest absolute Gasteiger partial charge is 0.479 e. The van der Waals surface area contributed by atoms with Gasteiger partial charge in [-0.15, -0.1) is 11.3 Å². The number of hydrogen-bond acceptors (Lipinski definition) is 5. The number of ether oxygens (including phenoxy) is 1. The molecule has 0 saturated heterocycles. The Labute approximate surface area is 126 Å². The van der Waals surface area contributed by atoms with E-state index in [0.717, 1.165) is 4.88 Å². The molecule has 1 rings (SSSR count). The predicted octanol–water partition coefficient (Wildman–Crippen LogP) is 0.531. The van der Waals surface area contributed by atoms with Gasteiger partial charge in [0.05, 0.1) is 19.0 Å². The second kappa shape index (κ2) is 8.38. The van der Waals surface area contributed by atoms with E-state index >= 15 is 0 Å². The fourth-order valence-corrected chi connectivity index (χ4v) is 2.47. The number of methoxy groups -OCH3 is 1. The van der Waals surface area contributed by atoms with E-state index in [9.17, 15) is 14.4 Å². The summed E-state index contributed by atoms with van der Waals surface area (Å²) in [5.41, 5.74) is 0. The Morgan fingerprint density at radius 1 is 1.43 bits per heavy atom. The van der Waals surface area contributed by atoms with Gasteiger partial charge >= 0.3 is 5.97 Å². The van der Waals surface area contributed by atoms with E-state index < -0.39 is 18.1 Å². The van der Waals surface area contributed by atoms with E-state index in [2.05, 4.69) is 10.6 Å². The van der Waals surface area contributed by atoms with E-state index in [-0.39, 0.29) is 24.8 Å². The van der Waals surface area contributed by atoms with Gasteiger partial charge in [-0.2, -0.15) is 0 Å². The third-order valence-electron chi connectivity index (χ3n) is 2.70. The fraction of sp³-hybridized carbons (Fsp3) is 0.462. The van der Waals surface area contributed by atoms with Crippen LogP contribution in [0.5, 0.6) is 0 Å². The molecule has 2 unspecified atom stereocenters. The summed E-state index contributed by atoms with van der Waals surface area (Å²) in [5, 5.41) is 15.9. The molecule has 3 N–H and O–H groups in total. The third-order valence-corrected chi connectivity index (χ3v) is 3.68. The smallest absolute Gasteiger partial charge is 0.334 e. The van der Waals surface area contributed by atoms with E-state index in [1.807, 2.05) is 17.5 Å². The van der Waals surface area contributed by atoms with Crippen LogP contribution < -0.4 is 10.6 Å². The van der Waals surface area contributed by atoms with Gasteiger partial charge in [-0.1, -0.05) is 6.07 Å². The van der Waals surface area contributed by atoms with Crippen molar-refractivity contribution in [2.75, 3.05) is 13.7 Å². The topological polar surface area (TPSA) is 105 Å². The average molecular weight is 314 g/mol. The minimum atomic E-state index is -1.14. The molecular weight excluding hydrogens is 296 g/mol. The number of rotatable bonds is 8. The lowest BCUT2D eigenvalue weighted by atomic mass is 10.1. The number of thiophene rings is 1. The van der Waals surface area contributed by atoms with Crippen molar-refractivity contribution in [2.45, 2.75) is 25.5 Å². The monoisotopic (exact) mass is 314 g/mol. The van der Waals surface area contributed by atoms with Crippen LogP contribution in [0.1, 0.15) is 24.3 Å². The van der Waals surface area contributed by atoms with E-state index in [4.69, 9.17) is 9.84 Å². The molecule has 0 bridgehead atoms. The molecule has 1 aromatic heterocycles. The minimum Gasteiger partial charge on any atom is -0.479 e. The van der Waals surface area contributed by atoms with Crippen LogP contribution in [0.2, 0.25) is 0 Å². The number of aliphatic carboxylic acids is 1. The van der Waals surface area contributed by atoms with Gasteiger partial charge in [-0.05, 0) is 11.4 Å². The summed E-state index contributed by atoms with van der Waals surface area (Å²) in [5.74, 6) is -1.73. The first-order valence-corrected chi connectivity index (χ1v) is 7.14. The maximum absolute atomic E-state index is 11.9. The standard InChI is InChI=1S/C13H18N2O5S/c1-8(16)15-9(11-4-3-5-21-11)6-12(17)14-7-10(20-2)13(18)19/h3-5,9-10H,6-7H2,1-2H3,(H,14,17)(H,15,16)(H,18,19). The molecule has 1 aromatic rings. The lowest BCUT2D eigenvalue weighted by Gasteiger charge is -2.17. The molecule has 116 valence electrons. The summed E-state index contributed by atoms with van der Waals surface area (Å²) in [6.07, 6.45) is -1.05. The van der Waals surface area contributed by atoms with Gasteiger partial charge in [0.1, 0.15) is 0 Å². The Kier molecular flexibility index (Phi) is 6.83. The van der Waals surface area contributed by atoms with Gasteiger partial charge in [-0.3, -0.25) is 9.59 Å². The van der Waals surface area contributed by atoms with Gasteiger partial charge in [-0.25, -0.2) is 4.79 Å². The van der Waals surface area contributed by atoms with Crippen molar-refractivity contribution >= 4 is 29.1 Å². The van der Waals surface area contributed by atoms with Crippen LogP contribution in [0.3, 0.4) is 0 Å². The zero-order valence-corrected chi connectivity index (χ0v) is 12.6. The van der Waals surface area contributed by atoms with Gasteiger partial charge < -0.3 is 20.5 Å². The summed E-state index contributed by atoms with van der Waals surface area (Å²) < 4.78 is 4.72. The minimum absolute atomic E-state index is 0.0378. The molecule has 7 nitrogen and oxygen atoms in total. The van der Waals surface area contributed by atoms with Crippen molar-refractivity contribution in [3.05, 3.63) is 22.4 Å². The highest BCUT2D eigenvalue weighted by atomic mass is 32.1. The van der Waals surface area contributed by atoms with Gasteiger partial charge in [0.25, 0.3) is 0 Å². The first-order chi connectivity index (χ1) is 9.93. The molecule has 0 aromatic carbocycles. The van der Waals surface area contributed by atoms with Crippen LogP contribution in [0.4, 0.5) is 0 Å². The quantitative estimate of drug-likeness (QED) is 0.649. The first kappa shape index (κ1) is 17.1. The molecule has 0 radical (unpaired) electrons. The molecule has 21 heavy (non-hydrogen) atoms. The van der Waals surface area contributed by atoms with Crippen molar-refractivity contribution in [2.24, 2.45) is 0 Å². The van der Waals surface area contributed by atoms with Crippen LogP contribution in [-0.4, -0.2) is 42.6 Å². The molecule has 2 atom stereocenters. The Hall–Kier alpha value is -1.93. The second-order valence-corrected chi connectivity index (χ2v) is 5.32. The predicted molar refractivity (Wildman–Crippen MR) is 76.9 cm³/mol. The van der Waals surface area contributed by atoms with Crippen molar-refractivity contribution < 1.29 is 24.2 Å². The lowest BCUT2D eigenvalue weighted by Crippen LogP contribution is -2.39. The fourth-order valence-electron chi connectivity index (χ4n) is 1.69. The van der Waals surface area contributed by atoms with Crippen molar-refractivity contribution in [1.29, 1.82) is 0 Å². The number of carbonyl (C=O) groups excluding carboxylic acids is 2. The number of amides is 2. The highest BCUT2D eigenvalue weighted by molar-refractivity contribution is 7.10. The molecule has 2 amide bonds. The maximum Gasteiger partial charge on any atom is 0.334 e.